The summed E-state index contributed by atoms with van der Waals surface area (Å²) >= 11 is 0. The number of carbonyl (C=O) groups is 1. The van der Waals surface area contributed by atoms with E-state index in [9.17, 15) is 9.18 Å². The van der Waals surface area contributed by atoms with Gasteiger partial charge in [0.1, 0.15) is 12.0 Å². The third-order valence-electron chi connectivity index (χ3n) is 6.34. The van der Waals surface area contributed by atoms with Gasteiger partial charge in [0.05, 0.1) is 19.2 Å². The zero-order valence-corrected chi connectivity index (χ0v) is 15.9. The maximum Gasteiger partial charge on any atom is 0.311 e. The van der Waals surface area contributed by atoms with E-state index in [1.54, 1.807) is 12.4 Å². The molecule has 6 rings (SSSR count). The molecule has 0 aromatic carbocycles. The zero-order valence-electron chi connectivity index (χ0n) is 15.9. The first-order valence-electron chi connectivity index (χ1n) is 9.80. The van der Waals surface area contributed by atoms with Crippen molar-refractivity contribution in [2.75, 3.05) is 12.4 Å². The van der Waals surface area contributed by atoms with E-state index in [2.05, 4.69) is 30.2 Å². The lowest BCUT2D eigenvalue weighted by atomic mass is 9.61. The molecule has 2 bridgehead atoms. The molecule has 29 heavy (non-hydrogen) atoms. The van der Waals surface area contributed by atoms with Crippen molar-refractivity contribution in [3.63, 3.8) is 0 Å². The SMILES string of the molecule is COC(=O)[C@H]1C2CCC(CC2)[C@@H]1Nc1nc(-c2c[nH]c3ncncc23)ncc1F. The molecule has 0 radical (unpaired) electrons. The van der Waals surface area contributed by atoms with Crippen molar-refractivity contribution in [1.29, 1.82) is 0 Å². The first-order valence-corrected chi connectivity index (χ1v) is 9.80. The van der Waals surface area contributed by atoms with Crippen molar-refractivity contribution in [2.24, 2.45) is 17.8 Å². The molecule has 9 heteroatoms. The standard InChI is InChI=1S/C20H21FN6O2/c1-29-20(28)15-10-2-4-11(5-3-10)16(15)26-19-14(21)8-24-18(27-19)13-7-23-17-12(13)6-22-9-25-17/h6-11,15-16H,2-5H2,1H3,(H,22,23,25)(H,24,26,27)/t10?,11?,15-,16-/m0/s1. The number of ether oxygens (including phenoxy) is 1. The van der Waals surface area contributed by atoms with Gasteiger partial charge in [0, 0.05) is 29.4 Å². The Bertz CT molecular complexity index is 1060. The predicted molar refractivity (Wildman–Crippen MR) is 103 cm³/mol. The lowest BCUT2D eigenvalue weighted by Gasteiger charge is -2.47. The van der Waals surface area contributed by atoms with E-state index in [4.69, 9.17) is 4.74 Å². The van der Waals surface area contributed by atoms with Crippen LogP contribution in [0.3, 0.4) is 0 Å². The first kappa shape index (κ1) is 18.0. The van der Waals surface area contributed by atoms with Crippen LogP contribution < -0.4 is 5.32 Å². The number of anilines is 1. The largest absolute Gasteiger partial charge is 0.469 e. The topological polar surface area (TPSA) is 106 Å². The summed E-state index contributed by atoms with van der Waals surface area (Å²) in [4.78, 5) is 32.3. The summed E-state index contributed by atoms with van der Waals surface area (Å²) in [6, 6.07) is -0.196. The summed E-state index contributed by atoms with van der Waals surface area (Å²) in [7, 11) is 1.41. The van der Waals surface area contributed by atoms with Crippen molar-refractivity contribution in [3.8, 4) is 11.4 Å². The van der Waals surface area contributed by atoms with Crippen LogP contribution >= 0.6 is 0 Å². The van der Waals surface area contributed by atoms with Crippen LogP contribution in [0.15, 0.2) is 24.9 Å². The van der Waals surface area contributed by atoms with Crippen molar-refractivity contribution < 1.29 is 13.9 Å². The number of aromatic amines is 1. The van der Waals surface area contributed by atoms with Crippen molar-refractivity contribution in [1.82, 2.24) is 24.9 Å². The van der Waals surface area contributed by atoms with Gasteiger partial charge >= 0.3 is 5.97 Å². The second-order valence-electron chi connectivity index (χ2n) is 7.77. The molecule has 2 atom stereocenters. The van der Waals surface area contributed by atoms with Crippen LogP contribution in [0, 0.1) is 23.6 Å². The quantitative estimate of drug-likeness (QED) is 0.653. The molecule has 3 saturated carbocycles. The van der Waals surface area contributed by atoms with E-state index in [0.717, 1.165) is 37.3 Å². The Labute approximate surface area is 166 Å². The summed E-state index contributed by atoms with van der Waals surface area (Å²) in [6.07, 6.45) is 10.1. The first-order chi connectivity index (χ1) is 14.2. The second-order valence-corrected chi connectivity index (χ2v) is 7.77. The molecule has 3 fully saturated rings. The Hall–Kier alpha value is -3.10. The molecule has 3 heterocycles. The third kappa shape index (κ3) is 3.01. The Balaban J connectivity index is 1.50. The lowest BCUT2D eigenvalue weighted by Crippen LogP contribution is -2.52. The fraction of sp³-hybridized carbons (Fsp3) is 0.450. The van der Waals surface area contributed by atoms with Gasteiger partial charge in [0.25, 0.3) is 0 Å². The average molecular weight is 396 g/mol. The molecule has 2 N–H and O–H groups in total. The molecule has 0 amide bonds. The molecule has 3 aromatic heterocycles. The second kappa shape index (κ2) is 7.06. The molecule has 3 aliphatic carbocycles. The van der Waals surface area contributed by atoms with Crippen molar-refractivity contribution in [3.05, 3.63) is 30.7 Å². The Morgan fingerprint density at radius 1 is 1.21 bits per heavy atom. The van der Waals surface area contributed by atoms with E-state index in [0.29, 0.717) is 23.0 Å². The number of nitrogens with zero attached hydrogens (tertiary/aromatic N) is 4. The third-order valence-corrected chi connectivity index (χ3v) is 6.34. The van der Waals surface area contributed by atoms with Gasteiger partial charge in [-0.1, -0.05) is 0 Å². The number of aromatic nitrogens is 5. The van der Waals surface area contributed by atoms with E-state index < -0.39 is 5.82 Å². The molecule has 0 saturated heterocycles. The summed E-state index contributed by atoms with van der Waals surface area (Å²) in [5.74, 6) is -0.0382. The molecule has 8 nitrogen and oxygen atoms in total. The number of H-pyrrole nitrogens is 1. The van der Waals surface area contributed by atoms with Gasteiger partial charge in [0.2, 0.25) is 0 Å². The highest BCUT2D eigenvalue weighted by atomic mass is 19.1. The minimum absolute atomic E-state index is 0.104. The molecule has 3 aliphatic rings. The van der Waals surface area contributed by atoms with Crippen LogP contribution in [0.5, 0.6) is 0 Å². The minimum atomic E-state index is -0.546. The number of halogens is 1. The number of rotatable bonds is 4. The Morgan fingerprint density at radius 2 is 2.00 bits per heavy atom. The molecular weight excluding hydrogens is 375 g/mol. The van der Waals surface area contributed by atoms with E-state index in [1.807, 2.05) is 0 Å². The fourth-order valence-electron chi connectivity index (χ4n) is 4.93. The van der Waals surface area contributed by atoms with Crippen molar-refractivity contribution in [2.45, 2.75) is 31.7 Å². The van der Waals surface area contributed by atoms with Crippen molar-refractivity contribution >= 4 is 22.8 Å². The molecule has 3 aromatic rings. The van der Waals surface area contributed by atoms with Gasteiger partial charge in [0.15, 0.2) is 17.5 Å². The maximum absolute atomic E-state index is 14.6. The van der Waals surface area contributed by atoms with E-state index >= 15 is 0 Å². The van der Waals surface area contributed by atoms with Gasteiger partial charge in [-0.3, -0.25) is 4.79 Å². The predicted octanol–water partition coefficient (Wildman–Crippen LogP) is 2.94. The average Bonchev–Trinajstić information content (AvgIpc) is 3.20. The number of esters is 1. The van der Waals surface area contributed by atoms with Gasteiger partial charge in [-0.25, -0.2) is 24.3 Å². The van der Waals surface area contributed by atoms with Gasteiger partial charge in [-0.05, 0) is 37.5 Å². The van der Waals surface area contributed by atoms with E-state index in [1.165, 1.54) is 13.4 Å². The van der Waals surface area contributed by atoms with Gasteiger partial charge in [-0.15, -0.1) is 0 Å². The minimum Gasteiger partial charge on any atom is -0.469 e. The lowest BCUT2D eigenvalue weighted by molar-refractivity contribution is -0.152. The molecule has 0 spiro atoms. The number of fused-ring (bicyclic) bond motifs is 4. The number of carbonyl (C=O) groups excluding carboxylic acids is 1. The summed E-state index contributed by atoms with van der Waals surface area (Å²) in [5.41, 5.74) is 1.35. The Morgan fingerprint density at radius 3 is 2.79 bits per heavy atom. The normalized spacial score (nSPS) is 25.9. The van der Waals surface area contributed by atoms with Crippen LogP contribution in [-0.4, -0.2) is 44.0 Å². The van der Waals surface area contributed by atoms with Crippen LogP contribution in [0.4, 0.5) is 10.2 Å². The molecule has 0 aliphatic heterocycles. The smallest absolute Gasteiger partial charge is 0.311 e. The summed E-state index contributed by atoms with van der Waals surface area (Å²) < 4.78 is 19.6. The van der Waals surface area contributed by atoms with Crippen LogP contribution in [0.2, 0.25) is 0 Å². The highest BCUT2D eigenvalue weighted by Crippen LogP contribution is 2.46. The number of hydrogen-bond acceptors (Lipinski definition) is 7. The monoisotopic (exact) mass is 396 g/mol. The zero-order chi connectivity index (χ0) is 20.0. The maximum atomic E-state index is 14.6. The summed E-state index contributed by atoms with van der Waals surface area (Å²) in [5, 5.41) is 3.99. The number of hydrogen-bond donors (Lipinski definition) is 2. The Kier molecular flexibility index (Phi) is 4.37. The molecule has 0 unspecified atom stereocenters. The fourth-order valence-corrected chi connectivity index (χ4v) is 4.93. The number of methoxy groups -OCH3 is 1. The highest BCUT2D eigenvalue weighted by Gasteiger charge is 2.48. The molecule has 150 valence electrons. The highest BCUT2D eigenvalue weighted by molar-refractivity contribution is 5.90. The van der Waals surface area contributed by atoms with Gasteiger partial charge in [-0.2, -0.15) is 0 Å². The van der Waals surface area contributed by atoms with E-state index in [-0.39, 0.29) is 29.7 Å². The van der Waals surface area contributed by atoms with Crippen LogP contribution in [-0.2, 0) is 9.53 Å². The summed E-state index contributed by atoms with van der Waals surface area (Å²) in [6.45, 7) is 0. The molecular formula is C20H21FN6O2. The van der Waals surface area contributed by atoms with Crippen LogP contribution in [0.1, 0.15) is 25.7 Å². The van der Waals surface area contributed by atoms with Gasteiger partial charge < -0.3 is 15.0 Å². The van der Waals surface area contributed by atoms with Crippen LogP contribution in [0.25, 0.3) is 22.4 Å². The number of nitrogens with one attached hydrogen (secondary N) is 2.